The van der Waals surface area contributed by atoms with E-state index in [9.17, 15) is 9.59 Å². The number of hydrogen-bond acceptors (Lipinski definition) is 5. The molecule has 0 heterocycles. The van der Waals surface area contributed by atoms with Gasteiger partial charge in [-0.1, -0.05) is 29.8 Å². The maximum atomic E-state index is 12.4. The number of ketones is 1. The summed E-state index contributed by atoms with van der Waals surface area (Å²) in [4.78, 5) is 24.2. The molecule has 3 rings (SSSR count). The van der Waals surface area contributed by atoms with Crippen molar-refractivity contribution < 1.29 is 23.8 Å². The van der Waals surface area contributed by atoms with Gasteiger partial charge in [0.05, 0.1) is 12.7 Å². The third-order valence-electron chi connectivity index (χ3n) is 4.49. The monoisotopic (exact) mass is 388 g/mol. The number of ether oxygens (including phenoxy) is 3. The van der Waals surface area contributed by atoms with Gasteiger partial charge < -0.3 is 14.2 Å². The number of hydrogen-bond donors (Lipinski definition) is 0. The van der Waals surface area contributed by atoms with Gasteiger partial charge in [0, 0.05) is 17.0 Å². The molecule has 2 aromatic rings. The third kappa shape index (κ3) is 4.80. The van der Waals surface area contributed by atoms with Crippen LogP contribution in [0.4, 0.5) is 0 Å². The van der Waals surface area contributed by atoms with E-state index in [0.29, 0.717) is 34.9 Å². The minimum atomic E-state index is -0.645. The van der Waals surface area contributed by atoms with Gasteiger partial charge in [0.25, 0.3) is 0 Å². The van der Waals surface area contributed by atoms with Gasteiger partial charge in [-0.05, 0) is 43.5 Å². The highest BCUT2D eigenvalue weighted by molar-refractivity contribution is 6.31. The Hall–Kier alpha value is -2.53. The molecule has 0 spiro atoms. The van der Waals surface area contributed by atoms with E-state index in [2.05, 4.69) is 0 Å². The van der Waals surface area contributed by atoms with Crippen molar-refractivity contribution in [3.05, 3.63) is 58.6 Å². The van der Waals surface area contributed by atoms with E-state index in [-0.39, 0.29) is 12.4 Å². The fourth-order valence-electron chi connectivity index (χ4n) is 2.96. The minimum Gasteiger partial charge on any atom is -0.493 e. The number of benzene rings is 2. The van der Waals surface area contributed by atoms with Crippen LogP contribution in [0.25, 0.3) is 0 Å². The maximum Gasteiger partial charge on any atom is 0.338 e. The Bertz CT molecular complexity index is 833. The van der Waals surface area contributed by atoms with E-state index >= 15 is 0 Å². The van der Waals surface area contributed by atoms with Crippen LogP contribution in [0.3, 0.4) is 0 Å². The largest absolute Gasteiger partial charge is 0.493 e. The van der Waals surface area contributed by atoms with Crippen molar-refractivity contribution in [2.45, 2.75) is 38.4 Å². The molecule has 0 aliphatic heterocycles. The van der Waals surface area contributed by atoms with E-state index in [1.807, 2.05) is 18.2 Å². The maximum absolute atomic E-state index is 12.4. The number of rotatable bonds is 6. The molecule has 0 unspecified atom stereocenters. The SMILES string of the molecule is COc1cc(C(=O)O[C@H]2CCCCC2=O)ccc1OCc1ccccc1Cl. The lowest BCUT2D eigenvalue weighted by Crippen LogP contribution is -2.30. The summed E-state index contributed by atoms with van der Waals surface area (Å²) in [7, 11) is 1.50. The van der Waals surface area contributed by atoms with Gasteiger partial charge in [-0.2, -0.15) is 0 Å². The average Bonchev–Trinajstić information content (AvgIpc) is 2.69. The normalized spacial score (nSPS) is 16.7. The lowest BCUT2D eigenvalue weighted by molar-refractivity contribution is -0.129. The van der Waals surface area contributed by atoms with Crippen molar-refractivity contribution >= 4 is 23.4 Å². The number of esters is 1. The Kier molecular flexibility index (Phi) is 6.35. The molecule has 1 saturated carbocycles. The first-order valence-electron chi connectivity index (χ1n) is 8.86. The van der Waals surface area contributed by atoms with Crippen molar-refractivity contribution in [1.29, 1.82) is 0 Å². The Balaban J connectivity index is 1.69. The molecule has 142 valence electrons. The molecule has 0 amide bonds. The summed E-state index contributed by atoms with van der Waals surface area (Å²) in [6.07, 6.45) is 2.16. The van der Waals surface area contributed by atoms with Crippen molar-refractivity contribution in [3.8, 4) is 11.5 Å². The molecule has 6 heteroatoms. The minimum absolute atomic E-state index is 0.0127. The second kappa shape index (κ2) is 8.91. The van der Waals surface area contributed by atoms with Crippen molar-refractivity contribution in [2.75, 3.05) is 7.11 Å². The van der Waals surface area contributed by atoms with Gasteiger partial charge in [0.15, 0.2) is 23.4 Å². The second-order valence-electron chi connectivity index (χ2n) is 6.35. The van der Waals surface area contributed by atoms with Crippen molar-refractivity contribution in [1.82, 2.24) is 0 Å². The summed E-state index contributed by atoms with van der Waals surface area (Å²) in [6.45, 7) is 0.274. The summed E-state index contributed by atoms with van der Waals surface area (Å²) in [5.41, 5.74) is 1.16. The summed E-state index contributed by atoms with van der Waals surface area (Å²) in [6, 6.07) is 12.2. The van der Waals surface area contributed by atoms with Crippen LogP contribution in [0, 0.1) is 0 Å². The molecule has 5 nitrogen and oxygen atoms in total. The highest BCUT2D eigenvalue weighted by atomic mass is 35.5. The number of carbonyl (C=O) groups excluding carboxylic acids is 2. The van der Waals surface area contributed by atoms with Gasteiger partial charge in [-0.3, -0.25) is 4.79 Å². The molecule has 0 aromatic heterocycles. The second-order valence-corrected chi connectivity index (χ2v) is 6.76. The molecule has 2 aromatic carbocycles. The molecule has 0 radical (unpaired) electrons. The zero-order chi connectivity index (χ0) is 19.2. The Morgan fingerprint density at radius 3 is 2.70 bits per heavy atom. The van der Waals surface area contributed by atoms with Gasteiger partial charge in [-0.15, -0.1) is 0 Å². The quantitative estimate of drug-likeness (QED) is 0.677. The molecular formula is C21H21ClO5. The molecule has 1 aliphatic carbocycles. The predicted molar refractivity (Wildman–Crippen MR) is 101 cm³/mol. The number of Topliss-reactive ketones (excluding diaryl/α,β-unsaturated/α-hetero) is 1. The molecule has 1 fully saturated rings. The van der Waals surface area contributed by atoms with Crippen LogP contribution in [-0.4, -0.2) is 25.0 Å². The Labute approximate surface area is 163 Å². The zero-order valence-corrected chi connectivity index (χ0v) is 15.8. The average molecular weight is 389 g/mol. The van der Waals surface area contributed by atoms with E-state index < -0.39 is 12.1 Å². The summed E-state index contributed by atoms with van der Waals surface area (Å²) in [5, 5.41) is 0.619. The lowest BCUT2D eigenvalue weighted by atomic mass is 9.96. The molecule has 1 atom stereocenters. The Morgan fingerprint density at radius 2 is 1.96 bits per heavy atom. The number of halogens is 1. The van der Waals surface area contributed by atoms with Crippen molar-refractivity contribution in [2.24, 2.45) is 0 Å². The number of methoxy groups -OCH3 is 1. The molecule has 1 aliphatic rings. The first-order valence-corrected chi connectivity index (χ1v) is 9.24. The van der Waals surface area contributed by atoms with Gasteiger partial charge in [-0.25, -0.2) is 4.79 Å². The predicted octanol–water partition coefficient (Wildman–Crippen LogP) is 4.60. The fourth-order valence-corrected chi connectivity index (χ4v) is 3.15. The van der Waals surface area contributed by atoms with Crippen LogP contribution in [0.5, 0.6) is 11.5 Å². The van der Waals surface area contributed by atoms with Crippen LogP contribution >= 0.6 is 11.6 Å². The van der Waals surface area contributed by atoms with Crippen LogP contribution in [0.2, 0.25) is 5.02 Å². The van der Waals surface area contributed by atoms with Crippen LogP contribution in [-0.2, 0) is 16.1 Å². The summed E-state index contributed by atoms with van der Waals surface area (Å²) < 4.78 is 16.5. The molecule has 0 N–H and O–H groups in total. The highest BCUT2D eigenvalue weighted by Crippen LogP contribution is 2.30. The van der Waals surface area contributed by atoms with Gasteiger partial charge in [0.1, 0.15) is 6.61 Å². The zero-order valence-electron chi connectivity index (χ0n) is 15.1. The van der Waals surface area contributed by atoms with E-state index in [4.69, 9.17) is 25.8 Å². The van der Waals surface area contributed by atoms with Crippen LogP contribution < -0.4 is 9.47 Å². The Morgan fingerprint density at radius 1 is 1.15 bits per heavy atom. The van der Waals surface area contributed by atoms with Gasteiger partial charge >= 0.3 is 5.97 Å². The standard InChI is InChI=1S/C21H21ClO5/c1-25-20-12-14(21(24)27-18-9-5-4-8-17(18)23)10-11-19(20)26-13-15-6-2-3-7-16(15)22/h2-3,6-7,10-12,18H,4-5,8-9,13H2,1H3/t18-/m0/s1. The summed E-state index contributed by atoms with van der Waals surface area (Å²) in [5.74, 6) is 0.349. The van der Waals surface area contributed by atoms with E-state index in [0.717, 1.165) is 18.4 Å². The fraction of sp³-hybridized carbons (Fsp3) is 0.333. The molecule has 0 bridgehead atoms. The first kappa shape index (κ1) is 19.2. The smallest absolute Gasteiger partial charge is 0.338 e. The van der Waals surface area contributed by atoms with Gasteiger partial charge in [0.2, 0.25) is 0 Å². The van der Waals surface area contributed by atoms with Crippen LogP contribution in [0.1, 0.15) is 41.6 Å². The van der Waals surface area contributed by atoms with E-state index in [1.165, 1.54) is 7.11 Å². The lowest BCUT2D eigenvalue weighted by Gasteiger charge is -2.21. The van der Waals surface area contributed by atoms with Crippen molar-refractivity contribution in [3.63, 3.8) is 0 Å². The highest BCUT2D eigenvalue weighted by Gasteiger charge is 2.26. The molecule has 27 heavy (non-hydrogen) atoms. The molecule has 0 saturated heterocycles. The third-order valence-corrected chi connectivity index (χ3v) is 4.86. The first-order chi connectivity index (χ1) is 13.1. The van der Waals surface area contributed by atoms with E-state index in [1.54, 1.807) is 24.3 Å². The molecular weight excluding hydrogens is 368 g/mol. The number of carbonyl (C=O) groups is 2. The van der Waals surface area contributed by atoms with Crippen LogP contribution in [0.15, 0.2) is 42.5 Å². The topological polar surface area (TPSA) is 61.8 Å². The summed E-state index contributed by atoms with van der Waals surface area (Å²) >= 11 is 6.14.